The van der Waals surface area contributed by atoms with E-state index >= 15 is 0 Å². The number of amides is 1. The Kier molecular flexibility index (Phi) is 8.96. The lowest BCUT2D eigenvalue weighted by atomic mass is 9.93. The van der Waals surface area contributed by atoms with Crippen LogP contribution in [0.3, 0.4) is 0 Å². The van der Waals surface area contributed by atoms with E-state index in [0.717, 1.165) is 33.8 Å². The lowest BCUT2D eigenvalue weighted by Gasteiger charge is -2.33. The molecule has 0 radical (unpaired) electrons. The quantitative estimate of drug-likeness (QED) is 0.315. The number of nitrogens with two attached hydrogens (primary N) is 2. The molecule has 12 nitrogen and oxygen atoms in total. The van der Waals surface area contributed by atoms with Crippen molar-refractivity contribution in [3.8, 4) is 11.5 Å². The van der Waals surface area contributed by atoms with E-state index in [-0.39, 0.29) is 25.1 Å². The highest BCUT2D eigenvalue weighted by atomic mass is 79.9. The first-order valence-electron chi connectivity index (χ1n) is 13.3. The maximum Gasteiger partial charge on any atom is 0.306 e. The van der Waals surface area contributed by atoms with Crippen molar-refractivity contribution < 1.29 is 23.8 Å². The topological polar surface area (TPSA) is 161 Å². The number of anilines is 1. The molecule has 1 aromatic carbocycles. The molecule has 3 aromatic rings. The first-order chi connectivity index (χ1) is 19.3. The number of hydrogen-bond acceptors (Lipinski definition) is 11. The summed E-state index contributed by atoms with van der Waals surface area (Å²) < 4.78 is 19.3. The van der Waals surface area contributed by atoms with Crippen molar-refractivity contribution in [2.75, 3.05) is 32.2 Å². The molecule has 4 heterocycles. The lowest BCUT2D eigenvalue weighted by Crippen LogP contribution is -2.44. The van der Waals surface area contributed by atoms with Crippen LogP contribution in [0.1, 0.15) is 39.0 Å². The number of ether oxygens (including phenoxy) is 3. The van der Waals surface area contributed by atoms with Crippen molar-refractivity contribution in [2.24, 2.45) is 11.7 Å². The van der Waals surface area contributed by atoms with Gasteiger partial charge in [0.1, 0.15) is 6.33 Å². The fourth-order valence-electron chi connectivity index (χ4n) is 4.85. The smallest absolute Gasteiger partial charge is 0.306 e. The number of aromatic nitrogens is 4. The highest BCUT2D eigenvalue weighted by molar-refractivity contribution is 9.10. The van der Waals surface area contributed by atoms with Gasteiger partial charge in [-0.3, -0.25) is 9.59 Å². The Morgan fingerprint density at radius 2 is 1.98 bits per heavy atom. The van der Waals surface area contributed by atoms with E-state index in [4.69, 9.17) is 30.7 Å². The van der Waals surface area contributed by atoms with Crippen molar-refractivity contribution in [1.82, 2.24) is 24.4 Å². The molecule has 214 valence electrons. The molecule has 5 rings (SSSR count). The fourth-order valence-corrected chi connectivity index (χ4v) is 6.36. The van der Waals surface area contributed by atoms with Gasteiger partial charge in [-0.1, -0.05) is 11.8 Å². The predicted octanol–water partition coefficient (Wildman–Crippen LogP) is 3.35. The van der Waals surface area contributed by atoms with E-state index in [9.17, 15) is 9.59 Å². The summed E-state index contributed by atoms with van der Waals surface area (Å²) in [4.78, 5) is 40.8. The van der Waals surface area contributed by atoms with Gasteiger partial charge in [-0.05, 0) is 73.1 Å². The van der Waals surface area contributed by atoms with E-state index in [1.165, 1.54) is 18.1 Å². The summed E-state index contributed by atoms with van der Waals surface area (Å²) in [6.45, 7) is 4.18. The van der Waals surface area contributed by atoms with E-state index in [0.29, 0.717) is 67.0 Å². The number of nitrogen functional groups attached to an aromatic ring is 1. The SMILES string of the molecule is CC(OC(=O)CCCN)C(=O)N1CCC(CCn2c(Sc3cc4c(cc3Br)OCO4)nc3c(N)ncnc32)CC1. The van der Waals surface area contributed by atoms with Gasteiger partial charge in [-0.2, -0.15) is 0 Å². The van der Waals surface area contributed by atoms with Gasteiger partial charge in [-0.25, -0.2) is 15.0 Å². The Balaban J connectivity index is 1.23. The summed E-state index contributed by atoms with van der Waals surface area (Å²) in [7, 11) is 0. The van der Waals surface area contributed by atoms with Crippen molar-refractivity contribution in [1.29, 1.82) is 0 Å². The molecule has 2 aliphatic heterocycles. The maximum atomic E-state index is 12.8. The Morgan fingerprint density at radius 3 is 2.73 bits per heavy atom. The van der Waals surface area contributed by atoms with Crippen LogP contribution in [0, 0.1) is 5.92 Å². The number of halogens is 1. The number of rotatable bonds is 10. The van der Waals surface area contributed by atoms with Gasteiger partial charge < -0.3 is 35.1 Å². The predicted molar refractivity (Wildman–Crippen MR) is 152 cm³/mol. The zero-order valence-electron chi connectivity index (χ0n) is 22.2. The Morgan fingerprint density at radius 1 is 1.23 bits per heavy atom. The summed E-state index contributed by atoms with van der Waals surface area (Å²) in [5.74, 6) is 1.59. The molecule has 2 aromatic heterocycles. The van der Waals surface area contributed by atoms with E-state index < -0.39 is 6.10 Å². The molecule has 1 unspecified atom stereocenters. The number of carbonyl (C=O) groups excluding carboxylic acids is 2. The second-order valence-electron chi connectivity index (χ2n) is 9.80. The Hall–Kier alpha value is -3.10. The second kappa shape index (κ2) is 12.6. The molecule has 40 heavy (non-hydrogen) atoms. The van der Waals surface area contributed by atoms with Gasteiger partial charge in [0.15, 0.2) is 39.7 Å². The van der Waals surface area contributed by atoms with Crippen LogP contribution < -0.4 is 20.9 Å². The molecular weight excluding hydrogens is 602 g/mol. The van der Waals surface area contributed by atoms with E-state index in [1.807, 2.05) is 12.1 Å². The largest absolute Gasteiger partial charge is 0.454 e. The average molecular weight is 635 g/mol. The van der Waals surface area contributed by atoms with Crippen LogP contribution in [0.5, 0.6) is 11.5 Å². The summed E-state index contributed by atoms with van der Waals surface area (Å²) in [5, 5.41) is 0.750. The number of benzene rings is 1. The molecule has 2 aliphatic rings. The third-order valence-corrected chi connectivity index (χ3v) is 9.05. The van der Waals surface area contributed by atoms with Gasteiger partial charge in [-0.15, -0.1) is 0 Å². The lowest BCUT2D eigenvalue weighted by molar-refractivity contribution is -0.159. The number of esters is 1. The van der Waals surface area contributed by atoms with Gasteiger partial charge in [0.05, 0.1) is 0 Å². The molecule has 1 saturated heterocycles. The normalized spacial score (nSPS) is 15.9. The van der Waals surface area contributed by atoms with Crippen molar-refractivity contribution in [3.05, 3.63) is 22.9 Å². The number of carbonyl (C=O) groups is 2. The minimum Gasteiger partial charge on any atom is -0.454 e. The zero-order chi connectivity index (χ0) is 28.2. The van der Waals surface area contributed by atoms with Crippen LogP contribution in [-0.2, 0) is 20.9 Å². The van der Waals surface area contributed by atoms with Crippen molar-refractivity contribution >= 4 is 56.6 Å². The minimum absolute atomic E-state index is 0.152. The van der Waals surface area contributed by atoms with Gasteiger partial charge in [0.25, 0.3) is 5.91 Å². The fraction of sp³-hybridized carbons (Fsp3) is 0.500. The Bertz CT molecular complexity index is 1400. The third-order valence-electron chi connectivity index (χ3n) is 7.08. The van der Waals surface area contributed by atoms with Crippen LogP contribution >= 0.6 is 27.7 Å². The van der Waals surface area contributed by atoms with Crippen LogP contribution in [-0.4, -0.2) is 68.8 Å². The molecule has 14 heteroatoms. The molecule has 0 aliphatic carbocycles. The van der Waals surface area contributed by atoms with Crippen LogP contribution in [0.15, 0.2) is 33.0 Å². The summed E-state index contributed by atoms with van der Waals surface area (Å²) >= 11 is 5.12. The van der Waals surface area contributed by atoms with Gasteiger partial charge in [0.2, 0.25) is 6.79 Å². The van der Waals surface area contributed by atoms with Crippen LogP contribution in [0.2, 0.25) is 0 Å². The number of fused-ring (bicyclic) bond motifs is 2. The molecule has 1 amide bonds. The zero-order valence-corrected chi connectivity index (χ0v) is 24.6. The first-order valence-corrected chi connectivity index (χ1v) is 14.9. The molecule has 0 bridgehead atoms. The van der Waals surface area contributed by atoms with Crippen LogP contribution in [0.4, 0.5) is 5.82 Å². The number of nitrogens with zero attached hydrogens (tertiary/aromatic N) is 5. The highest BCUT2D eigenvalue weighted by Crippen LogP contribution is 2.43. The Labute approximate surface area is 244 Å². The molecule has 0 saturated carbocycles. The summed E-state index contributed by atoms with van der Waals surface area (Å²) in [6.07, 6.45) is 4.04. The summed E-state index contributed by atoms with van der Waals surface area (Å²) in [6, 6.07) is 3.82. The number of piperidine rings is 1. The molecule has 0 spiro atoms. The van der Waals surface area contributed by atoms with E-state index in [2.05, 4.69) is 30.5 Å². The van der Waals surface area contributed by atoms with Crippen LogP contribution in [0.25, 0.3) is 11.2 Å². The summed E-state index contributed by atoms with van der Waals surface area (Å²) in [5.41, 5.74) is 12.8. The number of likely N-dealkylation sites (tertiary alicyclic amines) is 1. The standard InChI is InChI=1S/C26H32BrN7O5S/c1-15(39-21(35)3-2-7-28)25(36)33-8-4-16(5-9-33)6-10-34-24-22(23(29)30-13-31-24)32-26(34)40-20-12-19-18(11-17(20)27)37-14-38-19/h11-13,15-16H,2-10,14,28H2,1H3,(H2,29,30,31). The third kappa shape index (κ3) is 6.28. The second-order valence-corrected chi connectivity index (χ2v) is 11.7. The number of imidazole rings is 1. The van der Waals surface area contributed by atoms with Crippen molar-refractivity contribution in [3.63, 3.8) is 0 Å². The number of hydrogen-bond donors (Lipinski definition) is 2. The maximum absolute atomic E-state index is 12.8. The average Bonchev–Trinajstić information content (AvgIpc) is 3.55. The van der Waals surface area contributed by atoms with Crippen molar-refractivity contribution in [2.45, 2.75) is 61.7 Å². The monoisotopic (exact) mass is 633 g/mol. The molecule has 4 N–H and O–H groups in total. The van der Waals surface area contributed by atoms with Gasteiger partial charge >= 0.3 is 5.97 Å². The number of aryl methyl sites for hydroxylation is 1. The molecular formula is C26H32BrN7O5S. The minimum atomic E-state index is -0.792. The van der Waals surface area contributed by atoms with E-state index in [1.54, 1.807) is 11.8 Å². The highest BCUT2D eigenvalue weighted by Gasteiger charge is 2.28. The van der Waals surface area contributed by atoms with Gasteiger partial charge in [0, 0.05) is 35.4 Å². The molecule has 1 atom stereocenters. The first kappa shape index (κ1) is 28.4. The molecule has 1 fully saturated rings.